The van der Waals surface area contributed by atoms with Crippen LogP contribution in [0.5, 0.6) is 0 Å². The molecular weight excluding hydrogens is 264 g/mol. The minimum Gasteiger partial charge on any atom is -0.411 e. The van der Waals surface area contributed by atoms with E-state index in [9.17, 15) is 4.79 Å². The second-order valence-corrected chi connectivity index (χ2v) is 5.00. The lowest BCUT2D eigenvalue weighted by atomic mass is 10.2. The Morgan fingerprint density at radius 3 is 2.58 bits per heavy atom. The molecule has 2 N–H and O–H groups in total. The SMILES string of the molecule is CN(C)c1ccc(-c2nnc(SCC(N)=O)o2)cc1. The van der Waals surface area contributed by atoms with Gasteiger partial charge in [-0.25, -0.2) is 0 Å². The standard InChI is InChI=1S/C12H14N4O2S/c1-16(2)9-5-3-8(4-6-9)11-14-15-12(18-11)19-7-10(13)17/h3-6H,7H2,1-2H3,(H2,13,17). The Hall–Kier alpha value is -2.02. The Balaban J connectivity index is 2.11. The molecule has 100 valence electrons. The maximum Gasteiger partial charge on any atom is 0.277 e. The molecule has 2 rings (SSSR count). The van der Waals surface area contributed by atoms with Crippen molar-refractivity contribution in [1.29, 1.82) is 0 Å². The number of amides is 1. The van der Waals surface area contributed by atoms with Crippen molar-refractivity contribution in [2.75, 3.05) is 24.7 Å². The quantitative estimate of drug-likeness (QED) is 0.832. The lowest BCUT2D eigenvalue weighted by Crippen LogP contribution is -2.12. The molecule has 0 unspecified atom stereocenters. The Bertz CT molecular complexity index is 565. The van der Waals surface area contributed by atoms with E-state index in [0.717, 1.165) is 23.0 Å². The van der Waals surface area contributed by atoms with Gasteiger partial charge in [-0.05, 0) is 24.3 Å². The zero-order chi connectivity index (χ0) is 13.8. The van der Waals surface area contributed by atoms with Crippen LogP contribution >= 0.6 is 11.8 Å². The van der Waals surface area contributed by atoms with Gasteiger partial charge in [-0.15, -0.1) is 10.2 Å². The lowest BCUT2D eigenvalue weighted by Gasteiger charge is -2.11. The second-order valence-electron chi connectivity index (χ2n) is 4.07. The fourth-order valence-corrected chi connectivity index (χ4v) is 1.92. The summed E-state index contributed by atoms with van der Waals surface area (Å²) in [6, 6.07) is 7.75. The van der Waals surface area contributed by atoms with Crippen molar-refractivity contribution in [2.24, 2.45) is 5.73 Å². The first-order valence-electron chi connectivity index (χ1n) is 5.58. The molecule has 6 nitrogen and oxygen atoms in total. The lowest BCUT2D eigenvalue weighted by molar-refractivity contribution is -0.115. The first-order chi connectivity index (χ1) is 9.06. The summed E-state index contributed by atoms with van der Waals surface area (Å²) in [5, 5.41) is 8.12. The number of primary amides is 1. The van der Waals surface area contributed by atoms with E-state index in [1.807, 2.05) is 43.3 Å². The topological polar surface area (TPSA) is 85.3 Å². The van der Waals surface area contributed by atoms with Crippen LogP contribution in [0, 0.1) is 0 Å². The van der Waals surface area contributed by atoms with E-state index < -0.39 is 5.91 Å². The number of hydrogen-bond acceptors (Lipinski definition) is 6. The van der Waals surface area contributed by atoms with Gasteiger partial charge in [0, 0.05) is 25.3 Å². The third kappa shape index (κ3) is 3.47. The monoisotopic (exact) mass is 278 g/mol. The highest BCUT2D eigenvalue weighted by atomic mass is 32.2. The van der Waals surface area contributed by atoms with E-state index >= 15 is 0 Å². The molecule has 0 saturated carbocycles. The number of aromatic nitrogens is 2. The van der Waals surface area contributed by atoms with E-state index in [4.69, 9.17) is 10.2 Å². The Morgan fingerprint density at radius 2 is 2.00 bits per heavy atom. The van der Waals surface area contributed by atoms with Crippen molar-refractivity contribution in [3.8, 4) is 11.5 Å². The number of benzene rings is 1. The van der Waals surface area contributed by atoms with Crippen LogP contribution in [0.3, 0.4) is 0 Å². The molecule has 1 aromatic carbocycles. The van der Waals surface area contributed by atoms with Crippen LogP contribution in [0.1, 0.15) is 0 Å². The van der Waals surface area contributed by atoms with Gasteiger partial charge in [0.2, 0.25) is 11.8 Å². The van der Waals surface area contributed by atoms with Crippen molar-refractivity contribution in [3.05, 3.63) is 24.3 Å². The Morgan fingerprint density at radius 1 is 1.32 bits per heavy atom. The predicted molar refractivity (Wildman–Crippen MR) is 74.0 cm³/mol. The number of anilines is 1. The van der Waals surface area contributed by atoms with Gasteiger partial charge in [0.25, 0.3) is 5.22 Å². The summed E-state index contributed by atoms with van der Waals surface area (Å²) in [5.41, 5.74) is 6.98. The predicted octanol–water partition coefficient (Wildman–Crippen LogP) is 1.38. The summed E-state index contributed by atoms with van der Waals surface area (Å²) in [7, 11) is 3.94. The fourth-order valence-electron chi connectivity index (χ4n) is 1.42. The summed E-state index contributed by atoms with van der Waals surface area (Å²) >= 11 is 1.13. The Kier molecular flexibility index (Phi) is 4.06. The number of rotatable bonds is 5. The summed E-state index contributed by atoms with van der Waals surface area (Å²) < 4.78 is 5.44. The van der Waals surface area contributed by atoms with Crippen LogP contribution in [-0.2, 0) is 4.79 Å². The van der Waals surface area contributed by atoms with Gasteiger partial charge in [-0.1, -0.05) is 11.8 Å². The average Bonchev–Trinajstić information content (AvgIpc) is 2.85. The zero-order valence-electron chi connectivity index (χ0n) is 10.7. The van der Waals surface area contributed by atoms with Gasteiger partial charge in [-0.2, -0.15) is 0 Å². The second kappa shape index (κ2) is 5.75. The van der Waals surface area contributed by atoms with Gasteiger partial charge < -0.3 is 15.1 Å². The van der Waals surface area contributed by atoms with E-state index in [1.165, 1.54) is 0 Å². The van der Waals surface area contributed by atoms with Gasteiger partial charge in [0.15, 0.2) is 0 Å². The molecule has 0 bridgehead atoms. The number of carbonyl (C=O) groups is 1. The van der Waals surface area contributed by atoms with Crippen molar-refractivity contribution in [1.82, 2.24) is 10.2 Å². The van der Waals surface area contributed by atoms with Crippen LogP contribution in [-0.4, -0.2) is 36.0 Å². The molecular formula is C12H14N4O2S. The van der Waals surface area contributed by atoms with Crippen LogP contribution < -0.4 is 10.6 Å². The van der Waals surface area contributed by atoms with Crippen molar-refractivity contribution in [3.63, 3.8) is 0 Å². The summed E-state index contributed by atoms with van der Waals surface area (Å²) in [4.78, 5) is 12.7. The fraction of sp³-hybridized carbons (Fsp3) is 0.250. The minimum absolute atomic E-state index is 0.126. The zero-order valence-corrected chi connectivity index (χ0v) is 11.5. The molecule has 2 aromatic rings. The van der Waals surface area contributed by atoms with Gasteiger partial charge in [0.05, 0.1) is 5.75 Å². The first-order valence-corrected chi connectivity index (χ1v) is 6.57. The number of carbonyl (C=O) groups excluding carboxylic acids is 1. The molecule has 1 amide bonds. The van der Waals surface area contributed by atoms with Gasteiger partial charge >= 0.3 is 0 Å². The van der Waals surface area contributed by atoms with Crippen LogP contribution in [0.25, 0.3) is 11.5 Å². The molecule has 0 spiro atoms. The van der Waals surface area contributed by atoms with E-state index in [0.29, 0.717) is 11.1 Å². The molecule has 0 atom stereocenters. The van der Waals surface area contributed by atoms with Gasteiger partial charge in [-0.3, -0.25) is 4.79 Å². The smallest absolute Gasteiger partial charge is 0.277 e. The third-order valence-electron chi connectivity index (χ3n) is 2.38. The number of thioether (sulfide) groups is 1. The van der Waals surface area contributed by atoms with Gasteiger partial charge in [0.1, 0.15) is 0 Å². The first kappa shape index (κ1) is 13.4. The highest BCUT2D eigenvalue weighted by Crippen LogP contribution is 2.24. The Labute approximate surface area is 115 Å². The molecule has 19 heavy (non-hydrogen) atoms. The van der Waals surface area contributed by atoms with Crippen molar-refractivity contribution < 1.29 is 9.21 Å². The van der Waals surface area contributed by atoms with E-state index in [-0.39, 0.29) is 5.75 Å². The van der Waals surface area contributed by atoms with Crippen LogP contribution in [0.15, 0.2) is 33.9 Å². The number of nitrogens with two attached hydrogens (primary N) is 1. The van der Waals surface area contributed by atoms with Crippen LogP contribution in [0.2, 0.25) is 0 Å². The molecule has 0 aliphatic carbocycles. The molecule has 0 saturated heterocycles. The number of nitrogens with zero attached hydrogens (tertiary/aromatic N) is 3. The molecule has 0 fully saturated rings. The molecule has 1 heterocycles. The molecule has 7 heteroatoms. The summed E-state index contributed by atoms with van der Waals surface area (Å²) in [6.07, 6.45) is 0. The summed E-state index contributed by atoms with van der Waals surface area (Å²) in [5.74, 6) is 0.138. The highest BCUT2D eigenvalue weighted by Gasteiger charge is 2.10. The third-order valence-corrected chi connectivity index (χ3v) is 3.22. The number of hydrogen-bond donors (Lipinski definition) is 1. The molecule has 0 radical (unpaired) electrons. The van der Waals surface area contributed by atoms with Crippen LogP contribution in [0.4, 0.5) is 5.69 Å². The maximum absolute atomic E-state index is 10.7. The molecule has 0 aliphatic heterocycles. The highest BCUT2D eigenvalue weighted by molar-refractivity contribution is 7.99. The molecule has 1 aromatic heterocycles. The molecule has 0 aliphatic rings. The van der Waals surface area contributed by atoms with Crippen molar-refractivity contribution >= 4 is 23.4 Å². The maximum atomic E-state index is 10.7. The minimum atomic E-state index is -0.417. The van der Waals surface area contributed by atoms with E-state index in [1.54, 1.807) is 0 Å². The van der Waals surface area contributed by atoms with E-state index in [2.05, 4.69) is 10.2 Å². The van der Waals surface area contributed by atoms with Crippen molar-refractivity contribution in [2.45, 2.75) is 5.22 Å². The average molecular weight is 278 g/mol. The largest absolute Gasteiger partial charge is 0.411 e. The normalized spacial score (nSPS) is 10.4. The summed E-state index contributed by atoms with van der Waals surface area (Å²) in [6.45, 7) is 0.